The van der Waals surface area contributed by atoms with Crippen LogP contribution in [0.3, 0.4) is 0 Å². The normalized spacial score (nSPS) is 10.8. The maximum absolute atomic E-state index is 9.94. The van der Waals surface area contributed by atoms with Gasteiger partial charge in [0.1, 0.15) is 23.1 Å². The Labute approximate surface area is 162 Å². The first kappa shape index (κ1) is 17.3. The lowest BCUT2D eigenvalue weighted by molar-refractivity contribution is 0.474. The zero-order chi connectivity index (χ0) is 19.3. The van der Waals surface area contributed by atoms with Crippen LogP contribution in [-0.2, 0) is 0 Å². The lowest BCUT2D eigenvalue weighted by Gasteiger charge is -2.03. The molecule has 1 heterocycles. The van der Waals surface area contributed by atoms with Gasteiger partial charge in [0.15, 0.2) is 0 Å². The fourth-order valence-electron chi connectivity index (χ4n) is 3.01. The molecule has 0 unspecified atom stereocenters. The molecule has 0 saturated heterocycles. The Kier molecular flexibility index (Phi) is 4.73. The molecule has 3 aromatic carbocycles. The van der Waals surface area contributed by atoms with Crippen LogP contribution < -0.4 is 0 Å². The van der Waals surface area contributed by atoms with E-state index < -0.39 is 0 Å². The van der Waals surface area contributed by atoms with Crippen molar-refractivity contribution >= 4 is 12.1 Å². The van der Waals surface area contributed by atoms with Crippen LogP contribution in [0.5, 0.6) is 5.75 Å². The number of hydrogen-bond acceptors (Lipinski definition) is 4. The molecule has 28 heavy (non-hydrogen) atoms. The van der Waals surface area contributed by atoms with Gasteiger partial charge in [-0.1, -0.05) is 72.8 Å². The Hall–Kier alpha value is -4.10. The van der Waals surface area contributed by atoms with E-state index in [-0.39, 0.29) is 11.6 Å². The predicted molar refractivity (Wildman–Crippen MR) is 110 cm³/mol. The molecular formula is C24H16N2O2. The average molecular weight is 364 g/mol. The van der Waals surface area contributed by atoms with Gasteiger partial charge in [0.2, 0.25) is 5.88 Å². The van der Waals surface area contributed by atoms with E-state index in [0.29, 0.717) is 22.5 Å². The quantitative estimate of drug-likeness (QED) is 0.455. The van der Waals surface area contributed by atoms with Gasteiger partial charge in [0, 0.05) is 22.9 Å². The van der Waals surface area contributed by atoms with E-state index in [1.54, 1.807) is 24.3 Å². The summed E-state index contributed by atoms with van der Waals surface area (Å²) in [7, 11) is 0. The molecule has 0 aliphatic carbocycles. The van der Waals surface area contributed by atoms with Crippen molar-refractivity contribution in [1.82, 2.24) is 0 Å². The van der Waals surface area contributed by atoms with E-state index in [1.165, 1.54) is 6.21 Å². The molecule has 0 bridgehead atoms. The summed E-state index contributed by atoms with van der Waals surface area (Å²) in [6.45, 7) is 0. The summed E-state index contributed by atoms with van der Waals surface area (Å²) >= 11 is 0. The Bertz CT molecular complexity index is 1170. The van der Waals surface area contributed by atoms with Gasteiger partial charge in [-0.15, -0.1) is 0 Å². The molecule has 0 saturated carbocycles. The van der Waals surface area contributed by atoms with Crippen LogP contribution in [0.2, 0.25) is 0 Å². The minimum absolute atomic E-state index is 0.114. The molecule has 0 radical (unpaired) electrons. The molecule has 4 nitrogen and oxygen atoms in total. The van der Waals surface area contributed by atoms with Gasteiger partial charge in [-0.3, -0.25) is 0 Å². The summed E-state index contributed by atoms with van der Waals surface area (Å²) in [5.41, 5.74) is 3.35. The zero-order valence-electron chi connectivity index (χ0n) is 14.9. The molecule has 1 aromatic heterocycles. The summed E-state index contributed by atoms with van der Waals surface area (Å²) < 4.78 is 6.04. The zero-order valence-corrected chi connectivity index (χ0v) is 14.9. The van der Waals surface area contributed by atoms with Gasteiger partial charge in [-0.2, -0.15) is 5.26 Å². The number of aromatic hydroxyl groups is 1. The van der Waals surface area contributed by atoms with Crippen LogP contribution in [0, 0.1) is 11.3 Å². The summed E-state index contributed by atoms with van der Waals surface area (Å²) in [5.74, 6) is 0.916. The highest BCUT2D eigenvalue weighted by Gasteiger charge is 2.22. The first-order valence-electron chi connectivity index (χ1n) is 8.77. The van der Waals surface area contributed by atoms with Gasteiger partial charge in [-0.05, 0) is 17.7 Å². The lowest BCUT2D eigenvalue weighted by atomic mass is 9.98. The van der Waals surface area contributed by atoms with Crippen LogP contribution in [0.15, 0.2) is 94.3 Å². The van der Waals surface area contributed by atoms with Crippen molar-refractivity contribution in [2.75, 3.05) is 0 Å². The molecule has 0 aliphatic rings. The van der Waals surface area contributed by atoms with E-state index in [1.807, 2.05) is 60.7 Å². The number of nitriles is 1. The fraction of sp³-hybridized carbons (Fsp3) is 0. The highest BCUT2D eigenvalue weighted by atomic mass is 16.4. The lowest BCUT2D eigenvalue weighted by Crippen LogP contribution is -1.83. The summed E-state index contributed by atoms with van der Waals surface area (Å²) in [6.07, 6.45) is 1.50. The second-order valence-corrected chi connectivity index (χ2v) is 6.15. The molecule has 4 heteroatoms. The fourth-order valence-corrected chi connectivity index (χ4v) is 3.01. The highest BCUT2D eigenvalue weighted by molar-refractivity contribution is 5.90. The van der Waals surface area contributed by atoms with E-state index in [0.717, 1.165) is 11.1 Å². The molecule has 4 rings (SSSR count). The first-order chi connectivity index (χ1) is 13.8. The van der Waals surface area contributed by atoms with Crippen LogP contribution >= 0.6 is 0 Å². The maximum Gasteiger partial charge on any atom is 0.238 e. The monoisotopic (exact) mass is 364 g/mol. The number of aliphatic imine (C=N–C) groups is 1. The number of rotatable bonds is 4. The number of furan rings is 1. The second kappa shape index (κ2) is 7.65. The average Bonchev–Trinajstić information content (AvgIpc) is 3.13. The number of benzene rings is 3. The number of para-hydroxylation sites is 1. The number of nitrogens with zero attached hydrogens (tertiary/aromatic N) is 2. The Balaban J connectivity index is 1.90. The minimum atomic E-state index is 0.114. The molecule has 0 spiro atoms. The third-order valence-electron chi connectivity index (χ3n) is 4.36. The number of phenolic OH excluding ortho intramolecular Hbond substituents is 1. The molecule has 4 aromatic rings. The van der Waals surface area contributed by atoms with Crippen LogP contribution in [-0.4, -0.2) is 11.3 Å². The van der Waals surface area contributed by atoms with Crippen molar-refractivity contribution in [1.29, 1.82) is 5.26 Å². The molecule has 134 valence electrons. The standard InChI is InChI=1S/C24H16N2O2/c25-15-20-22(17-9-3-1-4-10-17)23(18-11-5-2-6-12-18)28-24(20)26-16-19-13-7-8-14-21(19)27/h1-14,16,27H/b26-16+. The SMILES string of the molecule is N#Cc1c(/N=C/c2ccccc2O)oc(-c2ccccc2)c1-c1ccccc1. The molecule has 0 atom stereocenters. The van der Waals surface area contributed by atoms with Crippen molar-refractivity contribution in [3.05, 3.63) is 96.1 Å². The van der Waals surface area contributed by atoms with Gasteiger partial charge >= 0.3 is 0 Å². The first-order valence-corrected chi connectivity index (χ1v) is 8.77. The second-order valence-electron chi connectivity index (χ2n) is 6.15. The van der Waals surface area contributed by atoms with E-state index >= 15 is 0 Å². The van der Waals surface area contributed by atoms with Crippen LogP contribution in [0.25, 0.3) is 22.5 Å². The molecule has 0 fully saturated rings. The minimum Gasteiger partial charge on any atom is -0.507 e. The molecule has 0 amide bonds. The molecule has 0 aliphatic heterocycles. The van der Waals surface area contributed by atoms with Crippen LogP contribution in [0.4, 0.5) is 5.88 Å². The molecule has 1 N–H and O–H groups in total. The molecular weight excluding hydrogens is 348 g/mol. The van der Waals surface area contributed by atoms with Crippen molar-refractivity contribution < 1.29 is 9.52 Å². The number of hydrogen-bond donors (Lipinski definition) is 1. The Morgan fingerprint density at radius 1 is 0.821 bits per heavy atom. The van der Waals surface area contributed by atoms with Gasteiger partial charge in [0.05, 0.1) is 0 Å². The summed E-state index contributed by atoms with van der Waals surface area (Å²) in [4.78, 5) is 4.37. The Morgan fingerprint density at radius 2 is 1.43 bits per heavy atom. The van der Waals surface area contributed by atoms with Crippen molar-refractivity contribution in [3.8, 4) is 34.3 Å². The van der Waals surface area contributed by atoms with Gasteiger partial charge in [-0.25, -0.2) is 4.99 Å². The predicted octanol–water partition coefficient (Wildman–Crippen LogP) is 5.94. The third-order valence-corrected chi connectivity index (χ3v) is 4.36. The van der Waals surface area contributed by atoms with E-state index in [9.17, 15) is 10.4 Å². The van der Waals surface area contributed by atoms with Crippen molar-refractivity contribution in [2.45, 2.75) is 0 Å². The van der Waals surface area contributed by atoms with Gasteiger partial charge in [0.25, 0.3) is 0 Å². The maximum atomic E-state index is 9.94. The van der Waals surface area contributed by atoms with E-state index in [4.69, 9.17) is 4.42 Å². The smallest absolute Gasteiger partial charge is 0.238 e. The van der Waals surface area contributed by atoms with Crippen LogP contribution in [0.1, 0.15) is 11.1 Å². The van der Waals surface area contributed by atoms with Crippen molar-refractivity contribution in [2.24, 2.45) is 4.99 Å². The Morgan fingerprint density at radius 3 is 2.07 bits per heavy atom. The topological polar surface area (TPSA) is 69.5 Å². The van der Waals surface area contributed by atoms with Gasteiger partial charge < -0.3 is 9.52 Å². The third kappa shape index (κ3) is 3.29. The largest absolute Gasteiger partial charge is 0.507 e. The van der Waals surface area contributed by atoms with Crippen molar-refractivity contribution in [3.63, 3.8) is 0 Å². The summed E-state index contributed by atoms with van der Waals surface area (Å²) in [5, 5.41) is 19.8. The van der Waals surface area contributed by atoms with E-state index in [2.05, 4.69) is 11.1 Å². The summed E-state index contributed by atoms with van der Waals surface area (Å²) in [6, 6.07) is 28.4. The highest BCUT2D eigenvalue weighted by Crippen LogP contribution is 2.42. The number of phenols is 1.